The van der Waals surface area contributed by atoms with Crippen LogP contribution in [0, 0.1) is 0 Å². The highest BCUT2D eigenvalue weighted by Gasteiger charge is 2.50. The molecule has 0 N–H and O–H groups in total. The fourth-order valence-electron chi connectivity index (χ4n) is 4.96. The van der Waals surface area contributed by atoms with Gasteiger partial charge in [-0.05, 0) is 50.7 Å². The largest absolute Gasteiger partial charge is 0.497 e. The van der Waals surface area contributed by atoms with Crippen molar-refractivity contribution in [3.63, 3.8) is 0 Å². The number of methoxy groups -OCH3 is 1. The van der Waals surface area contributed by atoms with Gasteiger partial charge in [0.2, 0.25) is 0 Å². The van der Waals surface area contributed by atoms with E-state index < -0.39 is 8.32 Å². The zero-order chi connectivity index (χ0) is 25.6. The van der Waals surface area contributed by atoms with Gasteiger partial charge in [0.1, 0.15) is 5.75 Å². The summed E-state index contributed by atoms with van der Waals surface area (Å²) in [5, 5.41) is 2.39. The second kappa shape index (κ2) is 11.5. The van der Waals surface area contributed by atoms with Gasteiger partial charge in [-0.2, -0.15) is 0 Å². The summed E-state index contributed by atoms with van der Waals surface area (Å²) in [4.78, 5) is 0. The molecule has 2 nitrogen and oxygen atoms in total. The predicted molar refractivity (Wildman–Crippen MR) is 154 cm³/mol. The molecule has 1 unspecified atom stereocenters. The zero-order valence-corrected chi connectivity index (χ0v) is 23.3. The van der Waals surface area contributed by atoms with Crippen molar-refractivity contribution >= 4 is 30.3 Å². The summed E-state index contributed by atoms with van der Waals surface area (Å²) in [5.41, 5.74) is 3.42. The first-order valence-electron chi connectivity index (χ1n) is 12.4. The molecule has 0 saturated carbocycles. The van der Waals surface area contributed by atoms with E-state index in [1.165, 1.54) is 15.9 Å². The molecule has 0 heterocycles. The van der Waals surface area contributed by atoms with E-state index in [-0.39, 0.29) is 10.4 Å². The molecule has 36 heavy (non-hydrogen) atoms. The molecule has 186 valence electrons. The molecule has 4 aromatic carbocycles. The third-order valence-electron chi connectivity index (χ3n) is 6.73. The molecule has 0 aromatic heterocycles. The number of rotatable bonds is 9. The van der Waals surface area contributed by atoms with Crippen LogP contribution in [0.5, 0.6) is 5.75 Å². The molecule has 0 aliphatic heterocycles. The highest BCUT2D eigenvalue weighted by atomic mass is 35.5. The van der Waals surface area contributed by atoms with E-state index in [1.54, 1.807) is 7.11 Å². The minimum Gasteiger partial charge on any atom is -0.497 e. The van der Waals surface area contributed by atoms with Crippen LogP contribution in [-0.2, 0) is 17.5 Å². The molecular weight excluding hydrogens is 480 g/mol. The topological polar surface area (TPSA) is 18.5 Å². The molecule has 0 bridgehead atoms. The summed E-state index contributed by atoms with van der Waals surface area (Å²) in [6.07, 6.45) is 0.738. The van der Waals surface area contributed by atoms with E-state index >= 15 is 0 Å². The number of benzene rings is 4. The Morgan fingerprint density at radius 3 is 1.89 bits per heavy atom. The van der Waals surface area contributed by atoms with E-state index in [2.05, 4.69) is 112 Å². The Balaban J connectivity index is 1.61. The van der Waals surface area contributed by atoms with Crippen molar-refractivity contribution in [2.24, 2.45) is 0 Å². The Labute approximate surface area is 222 Å². The zero-order valence-electron chi connectivity index (χ0n) is 21.6. The van der Waals surface area contributed by atoms with Crippen molar-refractivity contribution in [3.8, 4) is 5.75 Å². The van der Waals surface area contributed by atoms with Crippen LogP contribution in [0.4, 0.5) is 0 Å². The van der Waals surface area contributed by atoms with Crippen LogP contribution in [0.2, 0.25) is 5.04 Å². The first-order chi connectivity index (χ1) is 17.3. The van der Waals surface area contributed by atoms with Crippen molar-refractivity contribution in [2.45, 2.75) is 44.2 Å². The second-order valence-corrected chi connectivity index (χ2v) is 15.1. The molecule has 0 saturated heterocycles. The third kappa shape index (κ3) is 5.75. The molecule has 4 heteroatoms. The molecule has 0 radical (unpaired) electrons. The average molecular weight is 515 g/mol. The summed E-state index contributed by atoms with van der Waals surface area (Å²) in [6.45, 7) is 7.47. The van der Waals surface area contributed by atoms with Crippen LogP contribution in [-0.4, -0.2) is 15.4 Å². The van der Waals surface area contributed by atoms with E-state index in [0.717, 1.165) is 23.3 Å². The lowest BCUT2D eigenvalue weighted by atomic mass is 10.0. The Morgan fingerprint density at radius 2 is 1.31 bits per heavy atom. The van der Waals surface area contributed by atoms with Crippen LogP contribution in [0.15, 0.2) is 109 Å². The first-order valence-corrected chi connectivity index (χ1v) is 14.8. The lowest BCUT2D eigenvalue weighted by Gasteiger charge is -2.43. The lowest BCUT2D eigenvalue weighted by molar-refractivity contribution is 0.286. The highest BCUT2D eigenvalue weighted by Crippen LogP contribution is 2.37. The van der Waals surface area contributed by atoms with Crippen molar-refractivity contribution in [3.05, 3.63) is 126 Å². The minimum absolute atomic E-state index is 0.0546. The van der Waals surface area contributed by atoms with Gasteiger partial charge in [-0.1, -0.05) is 118 Å². The van der Waals surface area contributed by atoms with Gasteiger partial charge in [0.05, 0.1) is 19.1 Å². The van der Waals surface area contributed by atoms with E-state index in [1.807, 2.05) is 18.2 Å². The van der Waals surface area contributed by atoms with Crippen LogP contribution in [0.25, 0.3) is 0 Å². The molecule has 4 rings (SSSR count). The average Bonchev–Trinajstić information content (AvgIpc) is 2.90. The van der Waals surface area contributed by atoms with Crippen molar-refractivity contribution in [2.75, 3.05) is 7.11 Å². The monoisotopic (exact) mass is 514 g/mol. The van der Waals surface area contributed by atoms with E-state index in [0.29, 0.717) is 6.61 Å². The standard InChI is InChI=1S/C32H35ClO2Si/c1-32(2,3)36(29-17-7-5-8-18-29,30-19-9-6-10-20-30)35-24-26-14-11-13-25(21-26)22-31(33)27-15-12-16-28(23-27)34-4/h5-21,23,31H,22,24H2,1-4H3. The van der Waals surface area contributed by atoms with E-state index in [9.17, 15) is 0 Å². The van der Waals surface area contributed by atoms with Gasteiger partial charge < -0.3 is 9.16 Å². The number of ether oxygens (including phenoxy) is 1. The summed E-state index contributed by atoms with van der Waals surface area (Å²) >= 11 is 6.81. The quantitative estimate of drug-likeness (QED) is 0.172. The Morgan fingerprint density at radius 1 is 0.722 bits per heavy atom. The molecule has 1 atom stereocenters. The van der Waals surface area contributed by atoms with Gasteiger partial charge in [-0.25, -0.2) is 0 Å². The van der Waals surface area contributed by atoms with Crippen LogP contribution in [0.1, 0.15) is 42.8 Å². The Hall–Kier alpha value is -2.85. The third-order valence-corrected chi connectivity index (χ3v) is 12.1. The normalized spacial score (nSPS) is 12.8. The molecule has 4 aromatic rings. The van der Waals surface area contributed by atoms with Gasteiger partial charge in [0.15, 0.2) is 0 Å². The van der Waals surface area contributed by atoms with Gasteiger partial charge in [-0.15, -0.1) is 11.6 Å². The Kier molecular flexibility index (Phi) is 8.35. The minimum atomic E-state index is -2.58. The number of alkyl halides is 1. The summed E-state index contributed by atoms with van der Waals surface area (Å²) in [5.74, 6) is 0.825. The summed E-state index contributed by atoms with van der Waals surface area (Å²) in [7, 11) is -0.906. The maximum atomic E-state index is 7.12. The number of hydrogen-bond acceptors (Lipinski definition) is 2. The van der Waals surface area contributed by atoms with Crippen LogP contribution in [0.3, 0.4) is 0 Å². The van der Waals surface area contributed by atoms with Crippen molar-refractivity contribution in [1.82, 2.24) is 0 Å². The van der Waals surface area contributed by atoms with Gasteiger partial charge in [0, 0.05) is 0 Å². The predicted octanol–water partition coefficient (Wildman–Crippen LogP) is 7.29. The van der Waals surface area contributed by atoms with Gasteiger partial charge in [-0.3, -0.25) is 0 Å². The SMILES string of the molecule is COc1cccc(C(Cl)Cc2cccc(CO[Si](c3ccccc3)(c3ccccc3)C(C)(C)C)c2)c1. The fraction of sp³-hybridized carbons (Fsp3) is 0.250. The van der Waals surface area contributed by atoms with Crippen LogP contribution < -0.4 is 15.1 Å². The fourth-order valence-corrected chi connectivity index (χ4v) is 9.81. The van der Waals surface area contributed by atoms with Gasteiger partial charge in [0.25, 0.3) is 8.32 Å². The van der Waals surface area contributed by atoms with Crippen LogP contribution >= 0.6 is 11.6 Å². The highest BCUT2D eigenvalue weighted by molar-refractivity contribution is 6.99. The maximum absolute atomic E-state index is 7.12. The smallest absolute Gasteiger partial charge is 0.261 e. The maximum Gasteiger partial charge on any atom is 0.261 e. The summed E-state index contributed by atoms with van der Waals surface area (Å²) < 4.78 is 12.5. The summed E-state index contributed by atoms with van der Waals surface area (Å²) in [6, 6.07) is 38.2. The number of halogens is 1. The van der Waals surface area contributed by atoms with Crippen molar-refractivity contribution < 1.29 is 9.16 Å². The Bertz CT molecular complexity index is 1210. The molecule has 0 fully saturated rings. The van der Waals surface area contributed by atoms with E-state index in [4.69, 9.17) is 20.8 Å². The second-order valence-electron chi connectivity index (χ2n) is 10.2. The molecular formula is C32H35ClO2Si. The molecule has 0 amide bonds. The van der Waals surface area contributed by atoms with Gasteiger partial charge >= 0.3 is 0 Å². The number of hydrogen-bond donors (Lipinski definition) is 0. The van der Waals surface area contributed by atoms with Crippen molar-refractivity contribution in [1.29, 1.82) is 0 Å². The lowest BCUT2D eigenvalue weighted by Crippen LogP contribution is -2.66. The first kappa shape index (κ1) is 26.2. The molecule has 0 spiro atoms. The molecule has 0 aliphatic carbocycles. The molecule has 0 aliphatic rings.